The fourth-order valence-corrected chi connectivity index (χ4v) is 3.77. The maximum atomic E-state index is 13.2. The molecule has 33 heavy (non-hydrogen) atoms. The standard InChI is InChI=1S/C25H18N2O6/c1-15-13-20(26-33-15)27-22(21(24(29)25(27)30)23(28)19-11-6-12-31-19)16-7-5-10-18(14-16)32-17-8-3-2-4-9-17/h2-14,22,29H,1H3/t22-/m1/s1. The van der Waals surface area contributed by atoms with Crippen LogP contribution in [0, 0.1) is 6.92 Å². The summed E-state index contributed by atoms with van der Waals surface area (Å²) in [5, 5.41) is 14.7. The predicted octanol–water partition coefficient (Wildman–Crippen LogP) is 5.15. The number of hydrogen-bond donors (Lipinski definition) is 1. The number of Topliss-reactive ketones (excluding diaryl/α,β-unsaturated/α-hetero) is 1. The first kappa shape index (κ1) is 20.3. The second kappa shape index (κ2) is 8.16. The number of hydrogen-bond acceptors (Lipinski definition) is 7. The average Bonchev–Trinajstić information content (AvgIpc) is 3.55. The molecule has 0 aliphatic carbocycles. The summed E-state index contributed by atoms with van der Waals surface area (Å²) in [6.45, 7) is 1.68. The van der Waals surface area contributed by atoms with Gasteiger partial charge in [-0.25, -0.2) is 0 Å². The summed E-state index contributed by atoms with van der Waals surface area (Å²) in [7, 11) is 0. The highest BCUT2D eigenvalue weighted by molar-refractivity contribution is 6.19. The first-order valence-electron chi connectivity index (χ1n) is 10.1. The van der Waals surface area contributed by atoms with E-state index in [1.165, 1.54) is 17.2 Å². The molecule has 2 aromatic carbocycles. The summed E-state index contributed by atoms with van der Waals surface area (Å²) in [5.74, 6) is -0.259. The van der Waals surface area contributed by atoms with Crippen LogP contribution < -0.4 is 9.64 Å². The van der Waals surface area contributed by atoms with Crippen molar-refractivity contribution < 1.29 is 28.4 Å². The molecule has 0 radical (unpaired) electrons. The van der Waals surface area contributed by atoms with Crippen LogP contribution in [0.5, 0.6) is 11.5 Å². The minimum atomic E-state index is -0.973. The van der Waals surface area contributed by atoms with Crippen molar-refractivity contribution in [1.29, 1.82) is 0 Å². The van der Waals surface area contributed by atoms with E-state index in [0.29, 0.717) is 22.8 Å². The quantitative estimate of drug-likeness (QED) is 0.412. The van der Waals surface area contributed by atoms with Crippen molar-refractivity contribution in [3.63, 3.8) is 0 Å². The molecule has 1 atom stereocenters. The zero-order chi connectivity index (χ0) is 22.9. The predicted molar refractivity (Wildman–Crippen MR) is 117 cm³/mol. The van der Waals surface area contributed by atoms with Gasteiger partial charge in [-0.2, -0.15) is 0 Å². The van der Waals surface area contributed by atoms with Gasteiger partial charge in [0, 0.05) is 6.07 Å². The van der Waals surface area contributed by atoms with Crippen molar-refractivity contribution >= 4 is 17.5 Å². The molecule has 2 aromatic heterocycles. The lowest BCUT2D eigenvalue weighted by Gasteiger charge is -2.24. The number of anilines is 1. The number of carbonyl (C=O) groups excluding carboxylic acids is 2. The van der Waals surface area contributed by atoms with Crippen LogP contribution in [0.25, 0.3) is 0 Å². The fraction of sp³-hybridized carbons (Fsp3) is 0.0800. The van der Waals surface area contributed by atoms with Crippen LogP contribution in [0.2, 0.25) is 0 Å². The molecular weight excluding hydrogens is 424 g/mol. The van der Waals surface area contributed by atoms with E-state index in [1.54, 1.807) is 43.3 Å². The maximum absolute atomic E-state index is 13.2. The second-order valence-electron chi connectivity index (χ2n) is 7.43. The van der Waals surface area contributed by atoms with Crippen molar-refractivity contribution in [2.45, 2.75) is 13.0 Å². The van der Waals surface area contributed by atoms with E-state index in [0.717, 1.165) is 0 Å². The minimum absolute atomic E-state index is 0.00391. The van der Waals surface area contributed by atoms with Gasteiger partial charge in [-0.1, -0.05) is 35.5 Å². The number of benzene rings is 2. The number of aliphatic hydroxyl groups excluding tert-OH is 1. The molecule has 164 valence electrons. The number of aryl methyl sites for hydroxylation is 1. The fourth-order valence-electron chi connectivity index (χ4n) is 3.77. The van der Waals surface area contributed by atoms with Crippen molar-refractivity contribution in [1.82, 2.24) is 5.16 Å². The molecule has 5 rings (SSSR count). The lowest BCUT2D eigenvalue weighted by molar-refractivity contribution is -0.117. The molecule has 3 heterocycles. The number of aromatic nitrogens is 1. The van der Waals surface area contributed by atoms with Crippen LogP contribution in [-0.2, 0) is 4.79 Å². The highest BCUT2D eigenvalue weighted by Crippen LogP contribution is 2.42. The zero-order valence-electron chi connectivity index (χ0n) is 17.5. The van der Waals surface area contributed by atoms with Crippen LogP contribution in [-0.4, -0.2) is 22.0 Å². The summed E-state index contributed by atoms with van der Waals surface area (Å²) in [4.78, 5) is 27.5. The third-order valence-corrected chi connectivity index (χ3v) is 5.21. The first-order chi connectivity index (χ1) is 16.0. The van der Waals surface area contributed by atoms with E-state index in [4.69, 9.17) is 13.7 Å². The molecule has 8 nitrogen and oxygen atoms in total. The third kappa shape index (κ3) is 3.67. The molecule has 0 spiro atoms. The Labute approximate surface area is 188 Å². The summed E-state index contributed by atoms with van der Waals surface area (Å²) >= 11 is 0. The van der Waals surface area contributed by atoms with Gasteiger partial charge >= 0.3 is 0 Å². The van der Waals surface area contributed by atoms with E-state index in [1.807, 2.05) is 30.3 Å². The smallest absolute Gasteiger partial charge is 0.295 e. The maximum Gasteiger partial charge on any atom is 0.295 e. The van der Waals surface area contributed by atoms with Crippen LogP contribution >= 0.6 is 0 Å². The Kier molecular flexibility index (Phi) is 5.02. The van der Waals surface area contributed by atoms with Gasteiger partial charge in [-0.05, 0) is 48.9 Å². The molecule has 0 fully saturated rings. The number of ketones is 1. The number of amides is 1. The molecule has 8 heteroatoms. The highest BCUT2D eigenvalue weighted by atomic mass is 16.5. The Balaban J connectivity index is 1.61. The Hall–Kier alpha value is -4.59. The van der Waals surface area contributed by atoms with Crippen molar-refractivity contribution in [3.8, 4) is 11.5 Å². The number of furan rings is 1. The summed E-state index contributed by atoms with van der Waals surface area (Å²) < 4.78 is 16.3. The van der Waals surface area contributed by atoms with Gasteiger partial charge in [-0.3, -0.25) is 14.5 Å². The zero-order valence-corrected chi connectivity index (χ0v) is 17.5. The number of aliphatic hydroxyl groups is 1. The highest BCUT2D eigenvalue weighted by Gasteiger charge is 2.46. The van der Waals surface area contributed by atoms with Crippen LogP contribution in [0.15, 0.2) is 99.3 Å². The van der Waals surface area contributed by atoms with E-state index in [-0.39, 0.29) is 17.2 Å². The molecular formula is C25H18N2O6. The Morgan fingerprint density at radius 2 is 1.82 bits per heavy atom. The van der Waals surface area contributed by atoms with Gasteiger partial charge in [0.15, 0.2) is 17.3 Å². The van der Waals surface area contributed by atoms with Crippen molar-refractivity contribution in [3.05, 3.63) is 107 Å². The first-order valence-corrected chi connectivity index (χ1v) is 10.1. The molecule has 0 bridgehead atoms. The molecule has 1 aliphatic rings. The van der Waals surface area contributed by atoms with E-state index < -0.39 is 23.5 Å². The Bertz CT molecular complexity index is 1350. The van der Waals surface area contributed by atoms with Gasteiger partial charge in [0.25, 0.3) is 5.91 Å². The summed E-state index contributed by atoms with van der Waals surface area (Å²) in [5.41, 5.74) is 0.420. The molecule has 4 aromatic rings. The SMILES string of the molecule is Cc1cc(N2C(=O)C(O)=C(C(=O)c3ccco3)[C@H]2c2cccc(Oc3ccccc3)c2)no1. The van der Waals surface area contributed by atoms with E-state index in [2.05, 4.69) is 5.16 Å². The summed E-state index contributed by atoms with van der Waals surface area (Å²) in [6, 6.07) is 19.8. The molecule has 0 saturated heterocycles. The number of ether oxygens (including phenoxy) is 1. The number of carbonyl (C=O) groups is 2. The lowest BCUT2D eigenvalue weighted by Crippen LogP contribution is -2.31. The molecule has 1 aliphatic heterocycles. The number of rotatable bonds is 6. The second-order valence-corrected chi connectivity index (χ2v) is 7.43. The van der Waals surface area contributed by atoms with Crippen molar-refractivity contribution in [2.24, 2.45) is 0 Å². The Morgan fingerprint density at radius 1 is 1.03 bits per heavy atom. The van der Waals surface area contributed by atoms with Crippen molar-refractivity contribution in [2.75, 3.05) is 4.90 Å². The Morgan fingerprint density at radius 3 is 2.52 bits per heavy atom. The monoisotopic (exact) mass is 442 g/mol. The van der Waals surface area contributed by atoms with Gasteiger partial charge in [0.2, 0.25) is 5.78 Å². The molecule has 1 amide bonds. The van der Waals surface area contributed by atoms with Gasteiger partial charge in [0.1, 0.15) is 17.3 Å². The minimum Gasteiger partial charge on any atom is -0.503 e. The average molecular weight is 442 g/mol. The van der Waals surface area contributed by atoms with Gasteiger partial charge < -0.3 is 18.8 Å². The van der Waals surface area contributed by atoms with Gasteiger partial charge in [0.05, 0.1) is 17.9 Å². The van der Waals surface area contributed by atoms with Crippen LogP contribution in [0.3, 0.4) is 0 Å². The normalized spacial score (nSPS) is 15.8. The third-order valence-electron chi connectivity index (χ3n) is 5.21. The van der Waals surface area contributed by atoms with Crippen LogP contribution in [0.4, 0.5) is 5.82 Å². The number of nitrogens with zero attached hydrogens (tertiary/aromatic N) is 2. The number of para-hydroxylation sites is 1. The summed E-state index contributed by atoms with van der Waals surface area (Å²) in [6.07, 6.45) is 1.35. The van der Waals surface area contributed by atoms with E-state index in [9.17, 15) is 14.7 Å². The molecule has 1 N–H and O–H groups in total. The van der Waals surface area contributed by atoms with E-state index >= 15 is 0 Å². The lowest BCUT2D eigenvalue weighted by atomic mass is 9.95. The molecule has 0 unspecified atom stereocenters. The van der Waals surface area contributed by atoms with Gasteiger partial charge in [-0.15, -0.1) is 0 Å². The largest absolute Gasteiger partial charge is 0.503 e. The topological polar surface area (TPSA) is 106 Å². The molecule has 0 saturated carbocycles. The van der Waals surface area contributed by atoms with Crippen LogP contribution in [0.1, 0.15) is 27.9 Å².